The molecule has 1 saturated heterocycles. The highest BCUT2D eigenvalue weighted by atomic mass is 19.1. The zero-order valence-corrected chi connectivity index (χ0v) is 15.0. The van der Waals surface area contributed by atoms with Crippen molar-refractivity contribution in [1.29, 1.82) is 0 Å². The molecule has 0 unspecified atom stereocenters. The topological polar surface area (TPSA) is 29.5 Å². The van der Waals surface area contributed by atoms with E-state index >= 15 is 4.39 Å². The average Bonchev–Trinajstić information content (AvgIpc) is 2.74. The van der Waals surface area contributed by atoms with Crippen molar-refractivity contribution in [3.63, 3.8) is 0 Å². The fraction of sp³-hybridized carbons (Fsp3) is 0.174. The number of nitrogens with zero attached hydrogens (tertiary/aromatic N) is 1. The van der Waals surface area contributed by atoms with Crippen LogP contribution in [0.15, 0.2) is 84.9 Å². The molecule has 4 heteroatoms. The van der Waals surface area contributed by atoms with Gasteiger partial charge >= 0.3 is 0 Å². The number of β-lactam (4-membered cyclic amide) rings is 1. The second kappa shape index (κ2) is 6.88. The van der Waals surface area contributed by atoms with E-state index in [4.69, 9.17) is 4.74 Å². The summed E-state index contributed by atoms with van der Waals surface area (Å²) in [4.78, 5) is 14.6. The monoisotopic (exact) mass is 361 g/mol. The standard InChI is InChI=1S/C23H20FNO2/c1-27-20-14-8-13-19(15-20)23(24)21(18-11-6-3-7-12-18)25(22(23)26)16-17-9-4-2-5-10-17/h2-15,21H,16H2,1H3/t21-,23+/m0/s1. The molecule has 3 aromatic rings. The summed E-state index contributed by atoms with van der Waals surface area (Å²) in [5.41, 5.74) is -0.0344. The number of carbonyl (C=O) groups excluding carboxylic acids is 1. The second-order valence-corrected chi connectivity index (χ2v) is 6.68. The van der Waals surface area contributed by atoms with E-state index in [2.05, 4.69) is 0 Å². The van der Waals surface area contributed by atoms with Gasteiger partial charge in [0.1, 0.15) is 11.8 Å². The molecule has 1 heterocycles. The van der Waals surface area contributed by atoms with Crippen LogP contribution in [0.25, 0.3) is 0 Å². The first kappa shape index (κ1) is 17.3. The van der Waals surface area contributed by atoms with Crippen LogP contribution in [0.2, 0.25) is 0 Å². The maximum atomic E-state index is 16.2. The number of alkyl halides is 1. The van der Waals surface area contributed by atoms with Crippen molar-refractivity contribution < 1.29 is 13.9 Å². The number of benzene rings is 3. The maximum absolute atomic E-state index is 16.2. The van der Waals surface area contributed by atoms with Crippen molar-refractivity contribution in [2.45, 2.75) is 18.3 Å². The van der Waals surface area contributed by atoms with E-state index in [9.17, 15) is 4.79 Å². The summed E-state index contributed by atoms with van der Waals surface area (Å²) < 4.78 is 21.4. The lowest BCUT2D eigenvalue weighted by molar-refractivity contribution is -0.181. The highest BCUT2D eigenvalue weighted by Gasteiger charge is 2.63. The summed E-state index contributed by atoms with van der Waals surface area (Å²) in [6.45, 7) is 0.370. The highest BCUT2D eigenvalue weighted by molar-refractivity contribution is 5.94. The van der Waals surface area contributed by atoms with Gasteiger partial charge in [-0.15, -0.1) is 0 Å². The number of hydrogen-bond acceptors (Lipinski definition) is 2. The van der Waals surface area contributed by atoms with Crippen LogP contribution in [0.3, 0.4) is 0 Å². The summed E-state index contributed by atoms with van der Waals surface area (Å²) in [6.07, 6.45) is 0. The summed E-state index contributed by atoms with van der Waals surface area (Å²) >= 11 is 0. The summed E-state index contributed by atoms with van der Waals surface area (Å²) in [5, 5.41) is 0. The molecule has 1 aliphatic heterocycles. The van der Waals surface area contributed by atoms with Crippen LogP contribution >= 0.6 is 0 Å². The van der Waals surface area contributed by atoms with Crippen molar-refractivity contribution in [2.24, 2.45) is 0 Å². The van der Waals surface area contributed by atoms with Crippen molar-refractivity contribution in [3.05, 3.63) is 102 Å². The number of hydrogen-bond donors (Lipinski definition) is 0. The molecule has 0 aromatic heterocycles. The van der Waals surface area contributed by atoms with E-state index in [1.165, 1.54) is 7.11 Å². The molecule has 0 radical (unpaired) electrons. The first-order chi connectivity index (χ1) is 13.1. The first-order valence-electron chi connectivity index (χ1n) is 8.88. The van der Waals surface area contributed by atoms with Gasteiger partial charge in [0.05, 0.1) is 7.11 Å². The van der Waals surface area contributed by atoms with E-state index in [0.717, 1.165) is 11.1 Å². The Morgan fingerprint density at radius 1 is 0.963 bits per heavy atom. The molecule has 0 saturated carbocycles. The van der Waals surface area contributed by atoms with Gasteiger partial charge in [0.25, 0.3) is 5.91 Å². The highest BCUT2D eigenvalue weighted by Crippen LogP contribution is 2.53. The smallest absolute Gasteiger partial charge is 0.268 e. The predicted octanol–water partition coefficient (Wildman–Crippen LogP) is 4.64. The molecule has 1 fully saturated rings. The van der Waals surface area contributed by atoms with Crippen LogP contribution in [0.5, 0.6) is 5.75 Å². The predicted molar refractivity (Wildman–Crippen MR) is 102 cm³/mol. The lowest BCUT2D eigenvalue weighted by Gasteiger charge is -2.51. The van der Waals surface area contributed by atoms with Crippen LogP contribution in [-0.2, 0) is 17.0 Å². The zero-order valence-electron chi connectivity index (χ0n) is 15.0. The SMILES string of the molecule is COc1cccc([C@]2(F)C(=O)N(Cc3ccccc3)[C@H]2c2ccccc2)c1. The number of ether oxygens (including phenoxy) is 1. The maximum Gasteiger partial charge on any atom is 0.268 e. The molecule has 3 aromatic carbocycles. The van der Waals surface area contributed by atoms with Crippen LogP contribution in [-0.4, -0.2) is 17.9 Å². The number of methoxy groups -OCH3 is 1. The molecule has 4 rings (SSSR count). The Kier molecular flexibility index (Phi) is 4.40. The van der Waals surface area contributed by atoms with E-state index in [1.54, 1.807) is 29.2 Å². The Bertz CT molecular complexity index is 945. The van der Waals surface area contributed by atoms with E-state index in [0.29, 0.717) is 17.9 Å². The Hall–Kier alpha value is -3.14. The zero-order chi connectivity index (χ0) is 18.9. The van der Waals surface area contributed by atoms with Crippen LogP contribution in [0.1, 0.15) is 22.7 Å². The molecule has 0 bridgehead atoms. The summed E-state index contributed by atoms with van der Waals surface area (Å²) in [7, 11) is 1.53. The molecule has 27 heavy (non-hydrogen) atoms. The third-order valence-electron chi connectivity index (χ3n) is 5.06. The van der Waals surface area contributed by atoms with Gasteiger partial charge in [0.15, 0.2) is 0 Å². The molecule has 0 N–H and O–H groups in total. The van der Waals surface area contributed by atoms with E-state index < -0.39 is 17.6 Å². The lowest BCUT2D eigenvalue weighted by atomic mass is 9.74. The van der Waals surface area contributed by atoms with Crippen molar-refractivity contribution in [2.75, 3.05) is 7.11 Å². The Balaban J connectivity index is 1.75. The van der Waals surface area contributed by atoms with Gasteiger partial charge in [-0.05, 0) is 23.3 Å². The minimum atomic E-state index is -2.11. The fourth-order valence-electron chi connectivity index (χ4n) is 3.71. The number of carbonyl (C=O) groups is 1. The number of halogens is 1. The molecular formula is C23H20FNO2. The van der Waals surface area contributed by atoms with Gasteiger partial charge in [-0.2, -0.15) is 0 Å². The number of amides is 1. The van der Waals surface area contributed by atoms with E-state index in [-0.39, 0.29) is 0 Å². The molecule has 1 amide bonds. The molecular weight excluding hydrogens is 341 g/mol. The third-order valence-corrected chi connectivity index (χ3v) is 5.06. The Morgan fingerprint density at radius 2 is 1.63 bits per heavy atom. The molecule has 2 atom stereocenters. The van der Waals surface area contributed by atoms with Crippen LogP contribution in [0, 0.1) is 0 Å². The average molecular weight is 361 g/mol. The number of likely N-dealkylation sites (tertiary alicyclic amines) is 1. The van der Waals surface area contributed by atoms with Gasteiger partial charge in [0.2, 0.25) is 5.67 Å². The summed E-state index contributed by atoms with van der Waals surface area (Å²) in [6, 6.07) is 25.0. The number of rotatable bonds is 5. The molecule has 1 aliphatic rings. The van der Waals surface area contributed by atoms with Gasteiger partial charge < -0.3 is 9.64 Å². The van der Waals surface area contributed by atoms with Crippen molar-refractivity contribution >= 4 is 5.91 Å². The quantitative estimate of drug-likeness (QED) is 0.620. The van der Waals surface area contributed by atoms with Crippen LogP contribution in [0.4, 0.5) is 4.39 Å². The minimum Gasteiger partial charge on any atom is -0.497 e. The largest absolute Gasteiger partial charge is 0.497 e. The molecule has 136 valence electrons. The van der Waals surface area contributed by atoms with E-state index in [1.807, 2.05) is 60.7 Å². The van der Waals surface area contributed by atoms with Gasteiger partial charge in [-0.25, -0.2) is 4.39 Å². The van der Waals surface area contributed by atoms with Crippen molar-refractivity contribution in [3.8, 4) is 5.75 Å². The van der Waals surface area contributed by atoms with Gasteiger partial charge in [-0.3, -0.25) is 4.79 Å². The van der Waals surface area contributed by atoms with Crippen LogP contribution < -0.4 is 4.74 Å². The van der Waals surface area contributed by atoms with Gasteiger partial charge in [0, 0.05) is 12.1 Å². The molecule has 0 aliphatic carbocycles. The normalized spacial score (nSPS) is 21.6. The lowest BCUT2D eigenvalue weighted by Crippen LogP contribution is -2.63. The fourth-order valence-corrected chi connectivity index (χ4v) is 3.71. The van der Waals surface area contributed by atoms with Gasteiger partial charge in [-0.1, -0.05) is 72.8 Å². The molecule has 0 spiro atoms. The first-order valence-corrected chi connectivity index (χ1v) is 8.88. The third kappa shape index (κ3) is 2.87. The second-order valence-electron chi connectivity index (χ2n) is 6.68. The minimum absolute atomic E-state index is 0.324. The molecule has 3 nitrogen and oxygen atoms in total. The summed E-state index contributed by atoms with van der Waals surface area (Å²) in [5.74, 6) is 0.0131. The Labute approximate surface area is 158 Å². The van der Waals surface area contributed by atoms with Crippen molar-refractivity contribution in [1.82, 2.24) is 4.90 Å². The Morgan fingerprint density at radius 3 is 2.30 bits per heavy atom.